The van der Waals surface area contributed by atoms with Crippen LogP contribution >= 0.6 is 0 Å². The average molecular weight is 451 g/mol. The molecule has 0 aliphatic carbocycles. The van der Waals surface area contributed by atoms with Crippen molar-refractivity contribution in [2.45, 2.75) is 19.4 Å². The largest absolute Gasteiger partial charge is 0.355 e. The number of hydrogen-bond acceptors (Lipinski definition) is 8. The summed E-state index contributed by atoms with van der Waals surface area (Å²) in [7, 11) is 0. The molecule has 1 aromatic carbocycles. The maximum absolute atomic E-state index is 13.1. The Morgan fingerprint density at radius 3 is 2.61 bits per heavy atom. The molecule has 0 N–H and O–H groups in total. The van der Waals surface area contributed by atoms with Crippen LogP contribution in [-0.2, 0) is 11.3 Å². The quantitative estimate of drug-likeness (QED) is 0.425. The van der Waals surface area contributed by atoms with Crippen molar-refractivity contribution < 1.29 is 9.72 Å². The highest BCUT2D eigenvalue weighted by Crippen LogP contribution is 2.24. The third-order valence-corrected chi connectivity index (χ3v) is 6.53. The lowest BCUT2D eigenvalue weighted by atomic mass is 9.95. The van der Waals surface area contributed by atoms with Crippen LogP contribution in [-0.4, -0.2) is 79.7 Å². The van der Waals surface area contributed by atoms with Crippen LogP contribution in [0.2, 0.25) is 0 Å². The summed E-state index contributed by atoms with van der Waals surface area (Å²) < 4.78 is 1.67. The summed E-state index contributed by atoms with van der Waals surface area (Å²) in [5.41, 5.74) is 1.76. The molecule has 3 aromatic rings. The zero-order chi connectivity index (χ0) is 22.8. The van der Waals surface area contributed by atoms with Crippen molar-refractivity contribution in [1.82, 2.24) is 29.6 Å². The molecule has 1 amide bonds. The summed E-state index contributed by atoms with van der Waals surface area (Å²) in [6, 6.07) is 10.6. The van der Waals surface area contributed by atoms with Crippen LogP contribution in [0.15, 0.2) is 42.7 Å². The van der Waals surface area contributed by atoms with E-state index in [0.29, 0.717) is 25.3 Å². The first kappa shape index (κ1) is 21.3. The number of carbonyl (C=O) groups is 1. The van der Waals surface area contributed by atoms with E-state index in [-0.39, 0.29) is 22.4 Å². The molecule has 4 heterocycles. The number of anilines is 1. The van der Waals surface area contributed by atoms with Gasteiger partial charge in [-0.1, -0.05) is 12.1 Å². The van der Waals surface area contributed by atoms with E-state index >= 15 is 0 Å². The van der Waals surface area contributed by atoms with Gasteiger partial charge in [-0.3, -0.25) is 19.8 Å². The molecule has 5 rings (SSSR count). The number of aromatic nitrogens is 4. The van der Waals surface area contributed by atoms with Crippen LogP contribution in [0.4, 0.5) is 11.5 Å². The molecule has 11 heteroatoms. The number of piperazine rings is 1. The Kier molecular flexibility index (Phi) is 5.86. The fourth-order valence-corrected chi connectivity index (χ4v) is 4.65. The highest BCUT2D eigenvalue weighted by molar-refractivity contribution is 5.79. The minimum Gasteiger partial charge on any atom is -0.355 e. The third-order valence-electron chi connectivity index (χ3n) is 6.53. The molecule has 172 valence electrons. The van der Waals surface area contributed by atoms with Crippen LogP contribution < -0.4 is 4.90 Å². The smallest absolute Gasteiger partial charge is 0.269 e. The van der Waals surface area contributed by atoms with Gasteiger partial charge in [-0.2, -0.15) is 4.52 Å². The van der Waals surface area contributed by atoms with E-state index in [1.807, 2.05) is 23.1 Å². The van der Waals surface area contributed by atoms with Crippen LogP contribution in [0.25, 0.3) is 5.65 Å². The number of nitro benzene ring substituents is 1. The molecule has 33 heavy (non-hydrogen) atoms. The second-order valence-electron chi connectivity index (χ2n) is 8.62. The molecular formula is C22H26N8O3. The number of nitro groups is 1. The summed E-state index contributed by atoms with van der Waals surface area (Å²) in [6.45, 7) is 5.19. The lowest BCUT2D eigenvalue weighted by Crippen LogP contribution is -2.51. The Morgan fingerprint density at radius 1 is 1.06 bits per heavy atom. The van der Waals surface area contributed by atoms with Gasteiger partial charge in [-0.15, -0.1) is 15.3 Å². The lowest BCUT2D eigenvalue weighted by Gasteiger charge is -2.38. The van der Waals surface area contributed by atoms with E-state index < -0.39 is 0 Å². The number of benzene rings is 1. The van der Waals surface area contributed by atoms with Gasteiger partial charge in [0, 0.05) is 63.9 Å². The van der Waals surface area contributed by atoms with Gasteiger partial charge in [0.2, 0.25) is 5.91 Å². The van der Waals surface area contributed by atoms with Crippen LogP contribution in [0.3, 0.4) is 0 Å². The van der Waals surface area contributed by atoms with Crippen LogP contribution in [0.1, 0.15) is 18.4 Å². The molecule has 2 aliphatic heterocycles. The van der Waals surface area contributed by atoms with Crippen LogP contribution in [0, 0.1) is 16.0 Å². The number of nitrogens with zero attached hydrogens (tertiary/aromatic N) is 8. The maximum Gasteiger partial charge on any atom is 0.269 e. The van der Waals surface area contributed by atoms with Crippen molar-refractivity contribution in [3.63, 3.8) is 0 Å². The van der Waals surface area contributed by atoms with Gasteiger partial charge < -0.3 is 9.80 Å². The zero-order valence-electron chi connectivity index (χ0n) is 18.3. The van der Waals surface area contributed by atoms with E-state index in [0.717, 1.165) is 50.4 Å². The molecule has 0 bridgehead atoms. The molecule has 0 radical (unpaired) electrons. The summed E-state index contributed by atoms with van der Waals surface area (Å²) in [5.74, 6) is 1.16. The van der Waals surface area contributed by atoms with Crippen molar-refractivity contribution in [3.8, 4) is 0 Å². The number of fused-ring (bicyclic) bond motifs is 1. The summed E-state index contributed by atoms with van der Waals surface area (Å²) in [5, 5.41) is 23.4. The number of rotatable bonds is 5. The highest BCUT2D eigenvalue weighted by atomic mass is 16.6. The van der Waals surface area contributed by atoms with Crippen molar-refractivity contribution in [1.29, 1.82) is 0 Å². The molecule has 0 spiro atoms. The zero-order valence-corrected chi connectivity index (χ0v) is 18.3. The van der Waals surface area contributed by atoms with Gasteiger partial charge in [-0.05, 0) is 30.5 Å². The topological polar surface area (TPSA) is 113 Å². The summed E-state index contributed by atoms with van der Waals surface area (Å²) >= 11 is 0. The first-order valence-corrected chi connectivity index (χ1v) is 11.2. The predicted octanol–water partition coefficient (Wildman–Crippen LogP) is 1.59. The Balaban J connectivity index is 1.11. The van der Waals surface area contributed by atoms with Crippen molar-refractivity contribution >= 4 is 23.1 Å². The molecule has 2 saturated heterocycles. The monoisotopic (exact) mass is 450 g/mol. The van der Waals surface area contributed by atoms with Gasteiger partial charge in [-0.25, -0.2) is 0 Å². The van der Waals surface area contributed by atoms with Gasteiger partial charge in [0.1, 0.15) is 12.1 Å². The summed E-state index contributed by atoms with van der Waals surface area (Å²) in [4.78, 5) is 30.2. The molecule has 0 saturated carbocycles. The van der Waals surface area contributed by atoms with Gasteiger partial charge in [0.25, 0.3) is 5.69 Å². The molecule has 2 fully saturated rings. The Hall–Kier alpha value is -3.60. The van der Waals surface area contributed by atoms with Gasteiger partial charge in [0.15, 0.2) is 5.65 Å². The lowest BCUT2D eigenvalue weighted by molar-refractivity contribution is -0.384. The number of hydrogen-bond donors (Lipinski definition) is 0. The normalized spacial score (nSPS) is 18.1. The maximum atomic E-state index is 13.1. The van der Waals surface area contributed by atoms with E-state index in [2.05, 4.69) is 25.1 Å². The number of amides is 1. The molecule has 2 aromatic heterocycles. The second kappa shape index (κ2) is 9.10. The Bertz CT molecular complexity index is 1150. The number of non-ortho nitro benzene ring substituents is 1. The fourth-order valence-electron chi connectivity index (χ4n) is 4.65. The first-order valence-electron chi connectivity index (χ1n) is 11.2. The van der Waals surface area contributed by atoms with E-state index in [4.69, 9.17) is 0 Å². The minimum absolute atomic E-state index is 0.0446. The predicted molar refractivity (Wildman–Crippen MR) is 121 cm³/mol. The van der Waals surface area contributed by atoms with Crippen molar-refractivity contribution in [2.24, 2.45) is 5.92 Å². The SMILES string of the molecule is O=C(C1CCN(c2ccc3nncn3n2)CC1)N1CCN(Cc2cccc([N+](=O)[O-])c2)CC1. The van der Waals surface area contributed by atoms with Crippen LogP contribution in [0.5, 0.6) is 0 Å². The van der Waals surface area contributed by atoms with E-state index in [1.54, 1.807) is 23.0 Å². The van der Waals surface area contributed by atoms with Gasteiger partial charge in [0.05, 0.1) is 4.92 Å². The second-order valence-corrected chi connectivity index (χ2v) is 8.62. The number of carbonyl (C=O) groups excluding carboxylic acids is 1. The Labute approximate surface area is 190 Å². The first-order chi connectivity index (χ1) is 16.1. The van der Waals surface area contributed by atoms with Crippen molar-refractivity contribution in [3.05, 3.63) is 58.4 Å². The molecule has 0 unspecified atom stereocenters. The Morgan fingerprint density at radius 2 is 1.85 bits per heavy atom. The molecular weight excluding hydrogens is 424 g/mol. The number of piperidine rings is 1. The minimum atomic E-state index is -0.366. The highest BCUT2D eigenvalue weighted by Gasteiger charge is 2.31. The molecule has 0 atom stereocenters. The molecule has 2 aliphatic rings. The standard InChI is InChI=1S/C22H26N8O3/c31-22(18-6-8-27(9-7-18)21-5-4-20-24-23-16-29(20)25-21)28-12-10-26(11-13-28)15-17-2-1-3-19(14-17)30(32)33/h1-5,14,16,18H,6-13,15H2. The third kappa shape index (κ3) is 4.63. The van der Waals surface area contributed by atoms with Gasteiger partial charge >= 0.3 is 0 Å². The summed E-state index contributed by atoms with van der Waals surface area (Å²) in [6.07, 6.45) is 3.22. The fraction of sp³-hybridized carbons (Fsp3) is 0.455. The van der Waals surface area contributed by atoms with E-state index in [1.165, 1.54) is 6.07 Å². The molecule has 11 nitrogen and oxygen atoms in total. The van der Waals surface area contributed by atoms with E-state index in [9.17, 15) is 14.9 Å². The average Bonchev–Trinajstić information content (AvgIpc) is 3.32. The van der Waals surface area contributed by atoms with Crippen molar-refractivity contribution in [2.75, 3.05) is 44.2 Å².